The van der Waals surface area contributed by atoms with Crippen LogP contribution in [0.25, 0.3) is 0 Å². The van der Waals surface area contributed by atoms with Gasteiger partial charge in [-0.1, -0.05) is 54.0 Å². The smallest absolute Gasteiger partial charge is 0.244 e. The molecule has 0 aromatic heterocycles. The number of halogens is 1. The van der Waals surface area contributed by atoms with Gasteiger partial charge in [-0.05, 0) is 55.2 Å². The van der Waals surface area contributed by atoms with Crippen LogP contribution in [0.4, 0.5) is 5.69 Å². The molecule has 1 atom stereocenters. The number of sulfonamides is 1. The molecule has 0 bridgehead atoms. The third-order valence-corrected chi connectivity index (χ3v) is 6.90. The first kappa shape index (κ1) is 26.9. The number of hydrogen-bond acceptors (Lipinski definition) is 4. The van der Waals surface area contributed by atoms with Crippen LogP contribution in [0.2, 0.25) is 0 Å². The molecule has 2 amide bonds. The van der Waals surface area contributed by atoms with E-state index in [1.807, 2.05) is 50.2 Å². The standard InChI is InChI=1S/C24H32BrN3O4S/c1-5-14-26-24(30)18(3)27(16-20-8-7-9-21(25)15-20)23(29)17-28(33(4,31)32)22-12-10-19(6-2)11-13-22/h7-13,15,18H,5-6,14,16-17H2,1-4H3,(H,26,30)/t18-/m0/s1. The third kappa shape index (κ3) is 7.85. The highest BCUT2D eigenvalue weighted by Crippen LogP contribution is 2.21. The SMILES string of the molecule is CCCNC(=O)[C@H](C)N(Cc1cccc(Br)c1)C(=O)CN(c1ccc(CC)cc1)S(C)(=O)=O. The number of hydrogen-bond donors (Lipinski definition) is 1. The van der Waals surface area contributed by atoms with Gasteiger partial charge in [-0.15, -0.1) is 0 Å². The molecule has 180 valence electrons. The molecule has 0 aliphatic rings. The Labute approximate surface area is 205 Å². The lowest BCUT2D eigenvalue weighted by molar-refractivity contribution is -0.139. The van der Waals surface area contributed by atoms with Crippen molar-refractivity contribution in [3.8, 4) is 0 Å². The average molecular weight is 539 g/mol. The van der Waals surface area contributed by atoms with E-state index in [1.54, 1.807) is 19.1 Å². The van der Waals surface area contributed by atoms with Crippen molar-refractivity contribution in [3.63, 3.8) is 0 Å². The molecule has 1 N–H and O–H groups in total. The monoisotopic (exact) mass is 537 g/mol. The maximum absolute atomic E-state index is 13.4. The second-order valence-electron chi connectivity index (χ2n) is 7.91. The number of anilines is 1. The molecule has 33 heavy (non-hydrogen) atoms. The molecule has 0 radical (unpaired) electrons. The fourth-order valence-electron chi connectivity index (χ4n) is 3.32. The minimum Gasteiger partial charge on any atom is -0.354 e. The van der Waals surface area contributed by atoms with Crippen molar-refractivity contribution in [1.82, 2.24) is 10.2 Å². The molecule has 0 aliphatic heterocycles. The largest absolute Gasteiger partial charge is 0.354 e. The molecule has 0 fully saturated rings. The van der Waals surface area contributed by atoms with E-state index in [4.69, 9.17) is 0 Å². The van der Waals surface area contributed by atoms with Crippen molar-refractivity contribution in [2.45, 2.75) is 46.2 Å². The minimum absolute atomic E-state index is 0.172. The fourth-order valence-corrected chi connectivity index (χ4v) is 4.62. The van der Waals surface area contributed by atoms with E-state index >= 15 is 0 Å². The molecule has 0 saturated carbocycles. The van der Waals surface area contributed by atoms with E-state index in [0.29, 0.717) is 12.2 Å². The summed E-state index contributed by atoms with van der Waals surface area (Å²) in [4.78, 5) is 27.5. The maximum Gasteiger partial charge on any atom is 0.244 e. The molecular formula is C24H32BrN3O4S. The van der Waals surface area contributed by atoms with Crippen LogP contribution in [0.15, 0.2) is 53.0 Å². The molecule has 2 aromatic rings. The second kappa shape index (κ2) is 12.2. The summed E-state index contributed by atoms with van der Waals surface area (Å²) >= 11 is 3.43. The van der Waals surface area contributed by atoms with Crippen molar-refractivity contribution >= 4 is 43.5 Å². The summed E-state index contributed by atoms with van der Waals surface area (Å²) in [6.45, 7) is 5.89. The van der Waals surface area contributed by atoms with Gasteiger partial charge >= 0.3 is 0 Å². The van der Waals surface area contributed by atoms with Crippen molar-refractivity contribution in [2.75, 3.05) is 23.7 Å². The molecule has 0 aliphatic carbocycles. The van der Waals surface area contributed by atoms with E-state index < -0.39 is 28.5 Å². The van der Waals surface area contributed by atoms with Gasteiger partial charge < -0.3 is 10.2 Å². The van der Waals surface area contributed by atoms with Crippen molar-refractivity contribution in [3.05, 3.63) is 64.1 Å². The molecule has 0 spiro atoms. The highest BCUT2D eigenvalue weighted by molar-refractivity contribution is 9.10. The third-order valence-electron chi connectivity index (χ3n) is 5.27. The number of rotatable bonds is 11. The Kier molecular flexibility index (Phi) is 9.91. The topological polar surface area (TPSA) is 86.8 Å². The predicted octanol–water partition coefficient (Wildman–Crippen LogP) is 3.72. The maximum atomic E-state index is 13.4. The van der Waals surface area contributed by atoms with Crippen LogP contribution in [-0.4, -0.2) is 50.5 Å². The number of carbonyl (C=O) groups excluding carboxylic acids is 2. The highest BCUT2D eigenvalue weighted by Gasteiger charge is 2.30. The lowest BCUT2D eigenvalue weighted by Gasteiger charge is -2.31. The number of nitrogens with one attached hydrogen (secondary N) is 1. The van der Waals surface area contributed by atoms with Crippen LogP contribution in [0.1, 0.15) is 38.3 Å². The summed E-state index contributed by atoms with van der Waals surface area (Å²) in [6, 6.07) is 13.8. The van der Waals surface area contributed by atoms with Gasteiger partial charge in [0.05, 0.1) is 11.9 Å². The Morgan fingerprint density at radius 3 is 2.27 bits per heavy atom. The Balaban J connectivity index is 2.36. The van der Waals surface area contributed by atoms with Crippen molar-refractivity contribution in [1.29, 1.82) is 0 Å². The van der Waals surface area contributed by atoms with E-state index in [2.05, 4.69) is 21.2 Å². The summed E-state index contributed by atoms with van der Waals surface area (Å²) in [7, 11) is -3.73. The summed E-state index contributed by atoms with van der Waals surface area (Å²) in [5.74, 6) is -0.738. The van der Waals surface area contributed by atoms with Crippen LogP contribution in [0.3, 0.4) is 0 Å². The molecule has 9 heteroatoms. The van der Waals surface area contributed by atoms with E-state index in [9.17, 15) is 18.0 Å². The normalized spacial score (nSPS) is 12.2. The van der Waals surface area contributed by atoms with Crippen molar-refractivity contribution in [2.24, 2.45) is 0 Å². The number of carbonyl (C=O) groups is 2. The van der Waals surface area contributed by atoms with Gasteiger partial charge in [0.25, 0.3) is 0 Å². The molecular weight excluding hydrogens is 506 g/mol. The number of benzene rings is 2. The van der Waals surface area contributed by atoms with E-state index in [1.165, 1.54) is 4.90 Å². The predicted molar refractivity (Wildman–Crippen MR) is 135 cm³/mol. The van der Waals surface area contributed by atoms with Crippen LogP contribution < -0.4 is 9.62 Å². The zero-order chi connectivity index (χ0) is 24.6. The average Bonchev–Trinajstić information content (AvgIpc) is 2.78. The lowest BCUT2D eigenvalue weighted by Crippen LogP contribution is -2.51. The van der Waals surface area contributed by atoms with Gasteiger partial charge in [0.2, 0.25) is 21.8 Å². The van der Waals surface area contributed by atoms with E-state index in [-0.39, 0.29) is 12.5 Å². The van der Waals surface area contributed by atoms with Gasteiger partial charge in [-0.2, -0.15) is 0 Å². The Morgan fingerprint density at radius 1 is 1.06 bits per heavy atom. The van der Waals surface area contributed by atoms with E-state index in [0.717, 1.165) is 39.0 Å². The van der Waals surface area contributed by atoms with Gasteiger partial charge in [0.15, 0.2) is 0 Å². The first-order valence-electron chi connectivity index (χ1n) is 10.9. The van der Waals surface area contributed by atoms with Crippen LogP contribution >= 0.6 is 15.9 Å². The fraction of sp³-hybridized carbons (Fsp3) is 0.417. The van der Waals surface area contributed by atoms with Gasteiger partial charge in [-0.3, -0.25) is 13.9 Å². The lowest BCUT2D eigenvalue weighted by atomic mass is 10.1. The zero-order valence-electron chi connectivity index (χ0n) is 19.5. The molecule has 2 aromatic carbocycles. The highest BCUT2D eigenvalue weighted by atomic mass is 79.9. The number of aryl methyl sites for hydroxylation is 1. The van der Waals surface area contributed by atoms with Crippen molar-refractivity contribution < 1.29 is 18.0 Å². The van der Waals surface area contributed by atoms with Gasteiger partial charge in [0, 0.05) is 17.6 Å². The molecule has 2 rings (SSSR count). The van der Waals surface area contributed by atoms with Crippen LogP contribution in [-0.2, 0) is 32.6 Å². The Morgan fingerprint density at radius 2 is 1.73 bits per heavy atom. The summed E-state index contributed by atoms with van der Waals surface area (Å²) in [5, 5.41) is 2.82. The summed E-state index contributed by atoms with van der Waals surface area (Å²) < 4.78 is 27.1. The minimum atomic E-state index is -3.73. The number of amides is 2. The molecule has 0 unspecified atom stereocenters. The molecule has 0 saturated heterocycles. The Hall–Kier alpha value is -2.39. The summed E-state index contributed by atoms with van der Waals surface area (Å²) in [5.41, 5.74) is 2.30. The van der Waals surface area contributed by atoms with Crippen LogP contribution in [0, 0.1) is 0 Å². The van der Waals surface area contributed by atoms with Gasteiger partial charge in [0.1, 0.15) is 12.6 Å². The zero-order valence-corrected chi connectivity index (χ0v) is 21.9. The second-order valence-corrected chi connectivity index (χ2v) is 10.7. The molecule has 0 heterocycles. The summed E-state index contributed by atoms with van der Waals surface area (Å²) in [6.07, 6.45) is 2.67. The van der Waals surface area contributed by atoms with Crippen LogP contribution in [0.5, 0.6) is 0 Å². The van der Waals surface area contributed by atoms with Gasteiger partial charge in [-0.25, -0.2) is 8.42 Å². The first-order valence-corrected chi connectivity index (χ1v) is 13.6. The number of nitrogens with zero attached hydrogens (tertiary/aromatic N) is 2. The first-order chi connectivity index (χ1) is 15.6. The molecule has 7 nitrogen and oxygen atoms in total. The quantitative estimate of drug-likeness (QED) is 0.473. The Bertz CT molecular complexity index is 1060.